The van der Waals surface area contributed by atoms with Crippen LogP contribution in [0.5, 0.6) is 0 Å². The lowest BCUT2D eigenvalue weighted by molar-refractivity contribution is 0.0942. The van der Waals surface area contributed by atoms with E-state index in [0.29, 0.717) is 0 Å². The second kappa shape index (κ2) is 7.25. The first-order chi connectivity index (χ1) is 8.19. The molecule has 1 heterocycles. The highest BCUT2D eigenvalue weighted by atomic mass is 16.3. The van der Waals surface area contributed by atoms with Crippen LogP contribution in [0.15, 0.2) is 29.5 Å². The number of rotatable bonds is 5. The van der Waals surface area contributed by atoms with Gasteiger partial charge < -0.3 is 15.3 Å². The van der Waals surface area contributed by atoms with Gasteiger partial charge in [-0.1, -0.05) is 6.58 Å². The van der Waals surface area contributed by atoms with E-state index in [9.17, 15) is 5.11 Å². The van der Waals surface area contributed by atoms with Crippen LogP contribution in [0.4, 0.5) is 0 Å². The van der Waals surface area contributed by atoms with Gasteiger partial charge in [0, 0.05) is 37.2 Å². The third-order valence-corrected chi connectivity index (χ3v) is 3.14. The largest absolute Gasteiger partial charge is 0.393 e. The van der Waals surface area contributed by atoms with E-state index in [2.05, 4.69) is 28.7 Å². The van der Waals surface area contributed by atoms with Crippen LogP contribution >= 0.6 is 0 Å². The van der Waals surface area contributed by atoms with Crippen molar-refractivity contribution in [3.8, 4) is 0 Å². The molecule has 1 fully saturated rings. The molecule has 1 aliphatic rings. The summed E-state index contributed by atoms with van der Waals surface area (Å²) in [5, 5.41) is 12.8. The summed E-state index contributed by atoms with van der Waals surface area (Å²) < 4.78 is 0. The molecule has 0 aromatic carbocycles. The Bertz CT molecular complexity index is 291. The van der Waals surface area contributed by atoms with Gasteiger partial charge >= 0.3 is 0 Å². The molecule has 0 aromatic rings. The van der Waals surface area contributed by atoms with Crippen molar-refractivity contribution in [3.05, 3.63) is 24.6 Å². The van der Waals surface area contributed by atoms with Crippen LogP contribution in [0.25, 0.3) is 0 Å². The standard InChI is InChI=1S/C13H23N3O/c1-4-15-8-5-13(11(2)14-3)16-9-6-12(17)7-10-16/h4-5,8,11-12,14,17H,1,6-7,9-10H2,2-3H3/b13-5+,15-8?. The Balaban J connectivity index is 2.72. The minimum Gasteiger partial charge on any atom is -0.393 e. The first-order valence-corrected chi connectivity index (χ1v) is 6.13. The Morgan fingerprint density at radius 3 is 2.71 bits per heavy atom. The molecule has 4 nitrogen and oxygen atoms in total. The highest BCUT2D eigenvalue weighted by Gasteiger charge is 2.20. The average molecular weight is 237 g/mol. The molecular weight excluding hydrogens is 214 g/mol. The normalized spacial score (nSPS) is 20.9. The lowest BCUT2D eigenvalue weighted by Gasteiger charge is -2.35. The fourth-order valence-corrected chi connectivity index (χ4v) is 1.98. The third kappa shape index (κ3) is 4.32. The van der Waals surface area contributed by atoms with Crippen LogP contribution in [0.1, 0.15) is 19.8 Å². The number of aliphatic hydroxyl groups excluding tert-OH is 1. The summed E-state index contributed by atoms with van der Waals surface area (Å²) >= 11 is 0. The highest BCUT2D eigenvalue weighted by Crippen LogP contribution is 2.17. The molecule has 0 radical (unpaired) electrons. The Hall–Kier alpha value is -1.13. The lowest BCUT2D eigenvalue weighted by atomic mass is 10.1. The van der Waals surface area contributed by atoms with Crippen molar-refractivity contribution in [2.24, 2.45) is 4.99 Å². The molecule has 0 saturated carbocycles. The first kappa shape index (κ1) is 13.9. The van der Waals surface area contributed by atoms with Gasteiger partial charge in [-0.3, -0.25) is 4.99 Å². The van der Waals surface area contributed by atoms with E-state index >= 15 is 0 Å². The van der Waals surface area contributed by atoms with Gasteiger partial charge in [-0.15, -0.1) is 0 Å². The maximum Gasteiger partial charge on any atom is 0.0573 e. The molecule has 0 spiro atoms. The van der Waals surface area contributed by atoms with Crippen molar-refractivity contribution in [1.82, 2.24) is 10.2 Å². The lowest BCUT2D eigenvalue weighted by Crippen LogP contribution is -2.41. The molecule has 17 heavy (non-hydrogen) atoms. The van der Waals surface area contributed by atoms with Gasteiger partial charge in [-0.25, -0.2) is 0 Å². The van der Waals surface area contributed by atoms with Gasteiger partial charge in [0.15, 0.2) is 0 Å². The Labute approximate surface area is 104 Å². The minimum absolute atomic E-state index is 0.140. The zero-order valence-electron chi connectivity index (χ0n) is 10.8. The van der Waals surface area contributed by atoms with Crippen molar-refractivity contribution in [3.63, 3.8) is 0 Å². The molecule has 0 aliphatic carbocycles. The fourth-order valence-electron chi connectivity index (χ4n) is 1.98. The topological polar surface area (TPSA) is 47.9 Å². The quantitative estimate of drug-likeness (QED) is 0.705. The summed E-state index contributed by atoms with van der Waals surface area (Å²) in [6.07, 6.45) is 6.85. The maximum absolute atomic E-state index is 9.52. The van der Waals surface area contributed by atoms with Gasteiger partial charge in [0.2, 0.25) is 0 Å². The monoisotopic (exact) mass is 237 g/mol. The average Bonchev–Trinajstić information content (AvgIpc) is 2.35. The van der Waals surface area contributed by atoms with E-state index in [1.165, 1.54) is 11.9 Å². The molecule has 1 rings (SSSR count). The molecule has 1 aliphatic heterocycles. The summed E-state index contributed by atoms with van der Waals surface area (Å²) in [5.74, 6) is 0. The molecular formula is C13H23N3O. The SMILES string of the molecule is C=CN=C/C=C(\C(C)NC)N1CCC(O)CC1. The molecule has 1 saturated heterocycles. The summed E-state index contributed by atoms with van der Waals surface area (Å²) in [6.45, 7) is 7.49. The van der Waals surface area contributed by atoms with E-state index in [4.69, 9.17) is 0 Å². The van der Waals surface area contributed by atoms with E-state index in [1.807, 2.05) is 13.1 Å². The van der Waals surface area contributed by atoms with Crippen molar-refractivity contribution in [2.75, 3.05) is 20.1 Å². The number of hydrogen-bond donors (Lipinski definition) is 2. The Kier molecular flexibility index (Phi) is 5.94. The van der Waals surface area contributed by atoms with E-state index in [0.717, 1.165) is 25.9 Å². The van der Waals surface area contributed by atoms with E-state index in [1.54, 1.807) is 6.21 Å². The van der Waals surface area contributed by atoms with Crippen LogP contribution in [0, 0.1) is 0 Å². The number of piperidine rings is 1. The summed E-state index contributed by atoms with van der Waals surface area (Å²) in [6, 6.07) is 0.279. The molecule has 0 aromatic heterocycles. The van der Waals surface area contributed by atoms with Gasteiger partial charge in [0.1, 0.15) is 0 Å². The number of hydrogen-bond acceptors (Lipinski definition) is 4. The molecule has 1 atom stereocenters. The molecule has 0 bridgehead atoms. The Morgan fingerprint density at radius 1 is 1.53 bits per heavy atom. The third-order valence-electron chi connectivity index (χ3n) is 3.14. The van der Waals surface area contributed by atoms with Crippen molar-refractivity contribution in [1.29, 1.82) is 0 Å². The second-order valence-electron chi connectivity index (χ2n) is 4.30. The number of nitrogens with zero attached hydrogens (tertiary/aromatic N) is 2. The van der Waals surface area contributed by atoms with Crippen LogP contribution in [-0.2, 0) is 0 Å². The summed E-state index contributed by atoms with van der Waals surface area (Å²) in [4.78, 5) is 6.31. The van der Waals surface area contributed by atoms with Crippen molar-refractivity contribution in [2.45, 2.75) is 31.9 Å². The fraction of sp³-hybridized carbons (Fsp3) is 0.615. The number of likely N-dealkylation sites (tertiary alicyclic amines) is 1. The Morgan fingerprint density at radius 2 is 2.18 bits per heavy atom. The zero-order valence-corrected chi connectivity index (χ0v) is 10.8. The number of nitrogens with one attached hydrogen (secondary N) is 1. The zero-order chi connectivity index (χ0) is 12.7. The number of allylic oxidation sites excluding steroid dienone is 1. The number of aliphatic imine (C=N–C) groups is 1. The summed E-state index contributed by atoms with van der Waals surface area (Å²) in [7, 11) is 1.95. The van der Waals surface area contributed by atoms with E-state index in [-0.39, 0.29) is 12.1 Å². The second-order valence-corrected chi connectivity index (χ2v) is 4.30. The predicted octanol–water partition coefficient (Wildman–Crippen LogP) is 1.15. The molecule has 0 amide bonds. The molecule has 2 N–H and O–H groups in total. The van der Waals surface area contributed by atoms with Crippen LogP contribution in [-0.4, -0.2) is 48.5 Å². The van der Waals surface area contributed by atoms with Gasteiger partial charge in [-0.2, -0.15) is 0 Å². The highest BCUT2D eigenvalue weighted by molar-refractivity contribution is 5.72. The maximum atomic E-state index is 9.52. The van der Waals surface area contributed by atoms with Gasteiger partial charge in [0.25, 0.3) is 0 Å². The smallest absolute Gasteiger partial charge is 0.0573 e. The van der Waals surface area contributed by atoms with Crippen LogP contribution in [0.2, 0.25) is 0 Å². The van der Waals surface area contributed by atoms with E-state index < -0.39 is 0 Å². The minimum atomic E-state index is -0.140. The molecule has 1 unspecified atom stereocenters. The number of aliphatic hydroxyl groups is 1. The van der Waals surface area contributed by atoms with Crippen LogP contribution < -0.4 is 5.32 Å². The van der Waals surface area contributed by atoms with Crippen molar-refractivity contribution >= 4 is 6.21 Å². The van der Waals surface area contributed by atoms with Gasteiger partial charge in [-0.05, 0) is 32.9 Å². The molecule has 4 heteroatoms. The van der Waals surface area contributed by atoms with Crippen molar-refractivity contribution < 1.29 is 5.11 Å². The molecule has 96 valence electrons. The van der Waals surface area contributed by atoms with Gasteiger partial charge in [0.05, 0.1) is 6.10 Å². The first-order valence-electron chi connectivity index (χ1n) is 6.13. The summed E-state index contributed by atoms with van der Waals surface area (Å²) in [5.41, 5.74) is 1.21. The number of likely N-dealkylation sites (N-methyl/N-ethyl adjacent to an activating group) is 1. The predicted molar refractivity (Wildman–Crippen MR) is 72.1 cm³/mol. The van der Waals surface area contributed by atoms with Crippen LogP contribution in [0.3, 0.4) is 0 Å².